The SMILES string of the molecule is Nc1ncc2c3cc[nH+]cc3c3ccccc3c2n1.[Cl-]. The second-order valence-electron chi connectivity index (χ2n) is 4.51. The number of nitrogens with one attached hydrogen (secondary N) is 1. The highest BCUT2D eigenvalue weighted by molar-refractivity contribution is 6.23. The Bertz CT molecular complexity index is 901. The molecule has 0 saturated carbocycles. The molecule has 2 aromatic carbocycles. The normalized spacial score (nSPS) is 10.8. The first-order chi connectivity index (χ1) is 9.34. The molecule has 2 aromatic heterocycles. The van der Waals surface area contributed by atoms with Crippen molar-refractivity contribution in [3.05, 3.63) is 48.9 Å². The summed E-state index contributed by atoms with van der Waals surface area (Å²) in [7, 11) is 0. The third-order valence-corrected chi connectivity index (χ3v) is 3.43. The van der Waals surface area contributed by atoms with Crippen LogP contribution in [0.5, 0.6) is 0 Å². The van der Waals surface area contributed by atoms with Crippen molar-refractivity contribution in [2.45, 2.75) is 0 Å². The van der Waals surface area contributed by atoms with E-state index in [0.717, 1.165) is 21.7 Å². The van der Waals surface area contributed by atoms with E-state index >= 15 is 0 Å². The van der Waals surface area contributed by atoms with Gasteiger partial charge < -0.3 is 18.1 Å². The Balaban J connectivity index is 0.00000121. The van der Waals surface area contributed by atoms with E-state index in [1.54, 1.807) is 6.20 Å². The average molecular weight is 283 g/mol. The zero-order valence-corrected chi connectivity index (χ0v) is 11.2. The third-order valence-electron chi connectivity index (χ3n) is 3.43. The first kappa shape index (κ1) is 12.6. The van der Waals surface area contributed by atoms with Crippen molar-refractivity contribution in [3.8, 4) is 0 Å². The molecule has 98 valence electrons. The Morgan fingerprint density at radius 3 is 2.50 bits per heavy atom. The van der Waals surface area contributed by atoms with E-state index in [-0.39, 0.29) is 12.4 Å². The number of hydrogen-bond acceptors (Lipinski definition) is 3. The number of hydrogen-bond donors (Lipinski definition) is 1. The summed E-state index contributed by atoms with van der Waals surface area (Å²) in [4.78, 5) is 11.7. The highest BCUT2D eigenvalue weighted by atomic mass is 35.5. The standard InChI is InChI=1S/C15H10N4.ClH/c16-15-18-8-13-10-5-6-17-7-12(10)9-3-1-2-4-11(9)14(13)19-15;/h1-8H,(H2,16,18,19);1H. The second-order valence-corrected chi connectivity index (χ2v) is 4.51. The predicted molar refractivity (Wildman–Crippen MR) is 75.5 cm³/mol. The number of nitrogens with zero attached hydrogens (tertiary/aromatic N) is 2. The number of halogens is 1. The van der Waals surface area contributed by atoms with E-state index in [1.807, 2.05) is 30.6 Å². The fourth-order valence-corrected chi connectivity index (χ4v) is 2.61. The molecule has 20 heavy (non-hydrogen) atoms. The molecule has 0 unspecified atom stereocenters. The van der Waals surface area contributed by atoms with Gasteiger partial charge in [-0.25, -0.2) is 15.0 Å². The van der Waals surface area contributed by atoms with Gasteiger partial charge in [0, 0.05) is 28.4 Å². The number of benzene rings is 2. The van der Waals surface area contributed by atoms with Crippen LogP contribution in [0.4, 0.5) is 5.95 Å². The van der Waals surface area contributed by atoms with Crippen molar-refractivity contribution < 1.29 is 17.4 Å². The minimum absolute atomic E-state index is 0. The maximum Gasteiger partial charge on any atom is 0.220 e. The Morgan fingerprint density at radius 2 is 1.65 bits per heavy atom. The maximum atomic E-state index is 5.73. The molecule has 0 saturated heterocycles. The summed E-state index contributed by atoms with van der Waals surface area (Å²) >= 11 is 0. The number of aromatic nitrogens is 3. The van der Waals surface area contributed by atoms with Gasteiger partial charge in [0.1, 0.15) is 0 Å². The fraction of sp³-hybridized carbons (Fsp3) is 0. The molecule has 0 spiro atoms. The lowest BCUT2D eigenvalue weighted by Gasteiger charge is -2.07. The lowest BCUT2D eigenvalue weighted by molar-refractivity contribution is -0.375. The summed E-state index contributed by atoms with van der Waals surface area (Å²) < 4.78 is 0. The largest absolute Gasteiger partial charge is 1.00 e. The first-order valence-corrected chi connectivity index (χ1v) is 6.07. The summed E-state index contributed by atoms with van der Waals surface area (Å²) in [6.07, 6.45) is 5.72. The number of aromatic amines is 1. The van der Waals surface area contributed by atoms with Gasteiger partial charge in [-0.2, -0.15) is 0 Å². The molecular formula is C15H11ClN4. The van der Waals surface area contributed by atoms with Crippen molar-refractivity contribution in [3.63, 3.8) is 0 Å². The molecule has 0 aliphatic carbocycles. The van der Waals surface area contributed by atoms with Crippen LogP contribution < -0.4 is 23.1 Å². The predicted octanol–water partition coefficient (Wildman–Crippen LogP) is -0.664. The van der Waals surface area contributed by atoms with Crippen LogP contribution in [-0.4, -0.2) is 9.97 Å². The summed E-state index contributed by atoms with van der Waals surface area (Å²) in [6, 6.07) is 10.3. The van der Waals surface area contributed by atoms with Gasteiger partial charge in [-0.3, -0.25) is 0 Å². The minimum atomic E-state index is 0. The Hall–Kier alpha value is -2.46. The number of fused-ring (bicyclic) bond motifs is 6. The van der Waals surface area contributed by atoms with E-state index in [4.69, 9.17) is 5.73 Å². The first-order valence-electron chi connectivity index (χ1n) is 6.07. The van der Waals surface area contributed by atoms with Crippen LogP contribution in [0.3, 0.4) is 0 Å². The smallest absolute Gasteiger partial charge is 0.220 e. The zero-order valence-electron chi connectivity index (χ0n) is 10.5. The topological polar surface area (TPSA) is 65.9 Å². The second kappa shape index (κ2) is 4.58. The minimum Gasteiger partial charge on any atom is -1.00 e. The molecule has 2 heterocycles. The lowest BCUT2D eigenvalue weighted by Crippen LogP contribution is -3.00. The highest BCUT2D eigenvalue weighted by Gasteiger charge is 2.11. The molecule has 4 nitrogen and oxygen atoms in total. The van der Waals surface area contributed by atoms with Crippen molar-refractivity contribution in [2.75, 3.05) is 5.73 Å². The summed E-state index contributed by atoms with van der Waals surface area (Å²) in [5.74, 6) is 0.305. The van der Waals surface area contributed by atoms with E-state index in [2.05, 4.69) is 27.1 Å². The van der Waals surface area contributed by atoms with Crippen LogP contribution >= 0.6 is 0 Å². The van der Waals surface area contributed by atoms with Crippen molar-refractivity contribution in [2.24, 2.45) is 0 Å². The molecule has 0 aliphatic heterocycles. The average Bonchev–Trinajstić information content (AvgIpc) is 2.47. The molecule has 5 heteroatoms. The molecule has 0 radical (unpaired) electrons. The van der Waals surface area contributed by atoms with Gasteiger partial charge in [0.2, 0.25) is 5.95 Å². The van der Waals surface area contributed by atoms with E-state index < -0.39 is 0 Å². The van der Waals surface area contributed by atoms with Crippen molar-refractivity contribution in [1.82, 2.24) is 9.97 Å². The van der Waals surface area contributed by atoms with Crippen LogP contribution in [0, 0.1) is 0 Å². The van der Waals surface area contributed by atoms with Crippen LogP contribution in [0.25, 0.3) is 32.4 Å². The number of nitrogen functional groups attached to an aromatic ring is 1. The third kappa shape index (κ3) is 1.66. The Morgan fingerprint density at radius 1 is 0.900 bits per heavy atom. The van der Waals surface area contributed by atoms with Crippen LogP contribution in [0.15, 0.2) is 48.9 Å². The van der Waals surface area contributed by atoms with Gasteiger partial charge in [0.15, 0.2) is 12.4 Å². The van der Waals surface area contributed by atoms with Crippen LogP contribution in [0.2, 0.25) is 0 Å². The summed E-state index contributed by atoms with van der Waals surface area (Å²) in [6.45, 7) is 0. The molecule has 4 rings (SSSR count). The maximum absolute atomic E-state index is 5.73. The van der Waals surface area contributed by atoms with Gasteiger partial charge in [-0.1, -0.05) is 24.3 Å². The number of H-pyrrole nitrogens is 1. The molecule has 0 amide bonds. The van der Waals surface area contributed by atoms with Gasteiger partial charge >= 0.3 is 0 Å². The van der Waals surface area contributed by atoms with Crippen molar-refractivity contribution in [1.29, 1.82) is 0 Å². The molecular weight excluding hydrogens is 272 g/mol. The highest BCUT2D eigenvalue weighted by Crippen LogP contribution is 2.32. The molecule has 4 aromatic rings. The number of rotatable bonds is 0. The van der Waals surface area contributed by atoms with Crippen LogP contribution in [0.1, 0.15) is 0 Å². The van der Waals surface area contributed by atoms with E-state index in [0.29, 0.717) is 5.95 Å². The van der Waals surface area contributed by atoms with E-state index in [1.165, 1.54) is 10.8 Å². The Kier molecular flexibility index (Phi) is 2.88. The van der Waals surface area contributed by atoms with Gasteiger partial charge in [-0.15, -0.1) is 0 Å². The number of pyridine rings is 1. The molecule has 0 atom stereocenters. The quantitative estimate of drug-likeness (QED) is 0.435. The van der Waals surface area contributed by atoms with Crippen molar-refractivity contribution >= 4 is 38.4 Å². The van der Waals surface area contributed by atoms with E-state index in [9.17, 15) is 0 Å². The lowest BCUT2D eigenvalue weighted by atomic mass is 9.99. The summed E-state index contributed by atoms with van der Waals surface area (Å²) in [5, 5.41) is 5.59. The zero-order chi connectivity index (χ0) is 12.8. The number of nitrogens with two attached hydrogens (primary N) is 1. The number of anilines is 1. The Labute approximate surface area is 121 Å². The molecule has 0 fully saturated rings. The monoisotopic (exact) mass is 282 g/mol. The summed E-state index contributed by atoms with van der Waals surface area (Å²) in [5.41, 5.74) is 6.64. The van der Waals surface area contributed by atoms with Gasteiger partial charge in [0.25, 0.3) is 0 Å². The molecule has 0 aliphatic rings. The molecule has 0 bridgehead atoms. The molecule has 3 N–H and O–H groups in total. The van der Waals surface area contributed by atoms with Gasteiger partial charge in [0.05, 0.1) is 10.9 Å². The fourth-order valence-electron chi connectivity index (χ4n) is 2.61. The van der Waals surface area contributed by atoms with Crippen LogP contribution in [-0.2, 0) is 0 Å². The van der Waals surface area contributed by atoms with Gasteiger partial charge in [-0.05, 0) is 5.39 Å².